The van der Waals surface area contributed by atoms with Crippen molar-refractivity contribution in [1.29, 1.82) is 0 Å². The number of carbonyl (C=O) groups is 2. The molecule has 1 aromatic rings. The summed E-state index contributed by atoms with van der Waals surface area (Å²) < 4.78 is 0. The molecule has 0 saturated heterocycles. The minimum atomic E-state index is -1.02. The Morgan fingerprint density at radius 1 is 1.38 bits per heavy atom. The molecule has 5 nitrogen and oxygen atoms in total. The summed E-state index contributed by atoms with van der Waals surface area (Å²) in [7, 11) is 0. The Morgan fingerprint density at radius 3 is 2.56 bits per heavy atom. The fraction of sp³-hybridized carbons (Fsp3) is 0.364. The van der Waals surface area contributed by atoms with Crippen molar-refractivity contribution in [1.82, 2.24) is 4.98 Å². The molecule has 0 unspecified atom stereocenters. The van der Waals surface area contributed by atoms with Gasteiger partial charge in [-0.3, -0.25) is 9.59 Å². The van der Waals surface area contributed by atoms with Crippen LogP contribution in [0.4, 0.5) is 5.82 Å². The average Bonchev–Trinajstić information content (AvgIpc) is 2.16. The van der Waals surface area contributed by atoms with Crippen LogP contribution in [0.1, 0.15) is 19.3 Å². The second-order valence-electron chi connectivity index (χ2n) is 3.97. The average molecular weight is 219 g/mol. The summed E-state index contributed by atoms with van der Waals surface area (Å²) >= 11 is 0. The van der Waals surface area contributed by atoms with Crippen molar-refractivity contribution in [3.8, 4) is 0 Å². The van der Waals surface area contributed by atoms with Crippen LogP contribution in [-0.4, -0.2) is 16.8 Å². The first kappa shape index (κ1) is 10.6. The standard InChI is InChI=1S/C11H13N3O2/c12-9(15)11(5-3-6-11)10(16)14-8-4-1-2-7-13-8/h1-2,4,7H,3,5-6H2,(H2,12,15)(H,13,14,16). The number of rotatable bonds is 3. The van der Waals surface area contributed by atoms with Gasteiger partial charge in [0.05, 0.1) is 0 Å². The third-order valence-corrected chi connectivity index (χ3v) is 3.02. The molecule has 0 atom stereocenters. The maximum atomic E-state index is 11.9. The molecule has 1 fully saturated rings. The van der Waals surface area contributed by atoms with Crippen LogP contribution >= 0.6 is 0 Å². The number of primary amides is 1. The van der Waals surface area contributed by atoms with E-state index in [0.717, 1.165) is 6.42 Å². The van der Waals surface area contributed by atoms with Crippen LogP contribution in [0, 0.1) is 5.41 Å². The Kier molecular flexibility index (Phi) is 2.60. The largest absolute Gasteiger partial charge is 0.369 e. The van der Waals surface area contributed by atoms with Crippen LogP contribution < -0.4 is 11.1 Å². The molecule has 0 aliphatic heterocycles. The maximum absolute atomic E-state index is 11.9. The lowest BCUT2D eigenvalue weighted by molar-refractivity contribution is -0.144. The van der Waals surface area contributed by atoms with E-state index in [-0.39, 0.29) is 5.91 Å². The third kappa shape index (κ3) is 1.64. The lowest BCUT2D eigenvalue weighted by atomic mass is 9.67. The Bertz CT molecular complexity index is 412. The van der Waals surface area contributed by atoms with Crippen LogP contribution in [0.15, 0.2) is 24.4 Å². The van der Waals surface area contributed by atoms with Gasteiger partial charge in [0.2, 0.25) is 11.8 Å². The predicted molar refractivity (Wildman–Crippen MR) is 58.3 cm³/mol. The molecule has 5 heteroatoms. The summed E-state index contributed by atoms with van der Waals surface area (Å²) in [5, 5.41) is 2.62. The Hall–Kier alpha value is -1.91. The minimum absolute atomic E-state index is 0.343. The van der Waals surface area contributed by atoms with Gasteiger partial charge in [-0.15, -0.1) is 0 Å². The second-order valence-corrected chi connectivity index (χ2v) is 3.97. The van der Waals surface area contributed by atoms with E-state index in [4.69, 9.17) is 5.73 Å². The molecular formula is C11H13N3O2. The van der Waals surface area contributed by atoms with E-state index < -0.39 is 11.3 Å². The van der Waals surface area contributed by atoms with E-state index in [0.29, 0.717) is 18.7 Å². The van der Waals surface area contributed by atoms with Crippen LogP contribution in [0.2, 0.25) is 0 Å². The van der Waals surface area contributed by atoms with Crippen molar-refractivity contribution < 1.29 is 9.59 Å². The molecule has 84 valence electrons. The van der Waals surface area contributed by atoms with E-state index in [1.165, 1.54) is 0 Å². The monoisotopic (exact) mass is 219 g/mol. The molecule has 0 radical (unpaired) electrons. The first-order valence-corrected chi connectivity index (χ1v) is 5.17. The number of hydrogen-bond acceptors (Lipinski definition) is 3. The SMILES string of the molecule is NC(=O)C1(C(=O)Nc2ccccn2)CCC1. The smallest absolute Gasteiger partial charge is 0.241 e. The lowest BCUT2D eigenvalue weighted by Crippen LogP contribution is -2.51. The number of nitrogens with zero attached hydrogens (tertiary/aromatic N) is 1. The highest BCUT2D eigenvalue weighted by molar-refractivity contribution is 6.10. The van der Waals surface area contributed by atoms with Gasteiger partial charge in [0, 0.05) is 6.20 Å². The quantitative estimate of drug-likeness (QED) is 0.733. The second kappa shape index (κ2) is 3.92. The van der Waals surface area contributed by atoms with Crippen molar-refractivity contribution in [2.24, 2.45) is 11.1 Å². The fourth-order valence-corrected chi connectivity index (χ4v) is 1.79. The Morgan fingerprint density at radius 2 is 2.12 bits per heavy atom. The van der Waals surface area contributed by atoms with E-state index in [1.807, 2.05) is 0 Å². The van der Waals surface area contributed by atoms with E-state index in [2.05, 4.69) is 10.3 Å². The number of pyridine rings is 1. The summed E-state index contributed by atoms with van der Waals surface area (Å²) in [5.74, 6) is -0.447. The van der Waals surface area contributed by atoms with Gasteiger partial charge in [-0.2, -0.15) is 0 Å². The molecule has 0 aromatic carbocycles. The van der Waals surface area contributed by atoms with E-state index >= 15 is 0 Å². The molecule has 1 aromatic heterocycles. The highest BCUT2D eigenvalue weighted by Gasteiger charge is 2.49. The fourth-order valence-electron chi connectivity index (χ4n) is 1.79. The summed E-state index contributed by atoms with van der Waals surface area (Å²) in [6, 6.07) is 5.19. The molecule has 1 aliphatic rings. The van der Waals surface area contributed by atoms with Crippen molar-refractivity contribution in [2.45, 2.75) is 19.3 Å². The number of nitrogens with two attached hydrogens (primary N) is 1. The predicted octanol–water partition coefficient (Wildman–Crippen LogP) is 0.676. The van der Waals surface area contributed by atoms with Gasteiger partial charge >= 0.3 is 0 Å². The molecule has 1 heterocycles. The van der Waals surface area contributed by atoms with Gasteiger partial charge in [0.15, 0.2) is 0 Å². The van der Waals surface area contributed by atoms with Crippen LogP contribution in [0.5, 0.6) is 0 Å². The number of carbonyl (C=O) groups excluding carboxylic acids is 2. The highest BCUT2D eigenvalue weighted by atomic mass is 16.2. The van der Waals surface area contributed by atoms with Crippen molar-refractivity contribution in [3.05, 3.63) is 24.4 Å². The molecule has 1 aliphatic carbocycles. The van der Waals surface area contributed by atoms with Crippen LogP contribution in [0.3, 0.4) is 0 Å². The lowest BCUT2D eigenvalue weighted by Gasteiger charge is -2.36. The molecule has 0 bridgehead atoms. The summed E-state index contributed by atoms with van der Waals surface area (Å²) in [6.45, 7) is 0. The van der Waals surface area contributed by atoms with Crippen molar-refractivity contribution in [2.75, 3.05) is 5.32 Å². The third-order valence-electron chi connectivity index (χ3n) is 3.02. The molecule has 2 amide bonds. The first-order chi connectivity index (χ1) is 7.65. The van der Waals surface area contributed by atoms with Gasteiger partial charge < -0.3 is 11.1 Å². The van der Waals surface area contributed by atoms with Crippen molar-refractivity contribution in [3.63, 3.8) is 0 Å². The summed E-state index contributed by atoms with van der Waals surface area (Å²) in [5.41, 5.74) is 4.25. The van der Waals surface area contributed by atoms with Gasteiger partial charge in [0.25, 0.3) is 0 Å². The zero-order chi connectivity index (χ0) is 11.6. The van der Waals surface area contributed by atoms with E-state index in [9.17, 15) is 9.59 Å². The molecule has 0 spiro atoms. The van der Waals surface area contributed by atoms with E-state index in [1.54, 1.807) is 24.4 Å². The zero-order valence-electron chi connectivity index (χ0n) is 8.77. The summed E-state index contributed by atoms with van der Waals surface area (Å²) in [4.78, 5) is 27.1. The molecule has 3 N–H and O–H groups in total. The highest BCUT2D eigenvalue weighted by Crippen LogP contribution is 2.41. The Balaban J connectivity index is 2.11. The molecular weight excluding hydrogens is 206 g/mol. The number of amides is 2. The Labute approximate surface area is 93.0 Å². The van der Waals surface area contributed by atoms with Gasteiger partial charge in [-0.05, 0) is 25.0 Å². The maximum Gasteiger partial charge on any atom is 0.241 e. The summed E-state index contributed by atoms with van der Waals surface area (Å²) in [6.07, 6.45) is 3.49. The first-order valence-electron chi connectivity index (χ1n) is 5.17. The minimum Gasteiger partial charge on any atom is -0.369 e. The van der Waals surface area contributed by atoms with Gasteiger partial charge in [0.1, 0.15) is 11.2 Å². The number of aromatic nitrogens is 1. The molecule has 1 saturated carbocycles. The van der Waals surface area contributed by atoms with Gasteiger partial charge in [-0.1, -0.05) is 12.5 Å². The number of nitrogens with one attached hydrogen (secondary N) is 1. The zero-order valence-corrected chi connectivity index (χ0v) is 8.77. The number of hydrogen-bond donors (Lipinski definition) is 2. The molecule has 16 heavy (non-hydrogen) atoms. The van der Waals surface area contributed by atoms with Crippen LogP contribution in [-0.2, 0) is 9.59 Å². The van der Waals surface area contributed by atoms with Crippen LogP contribution in [0.25, 0.3) is 0 Å². The topological polar surface area (TPSA) is 85.1 Å². The molecule has 2 rings (SSSR count). The van der Waals surface area contributed by atoms with Gasteiger partial charge in [-0.25, -0.2) is 4.98 Å². The van der Waals surface area contributed by atoms with Crippen molar-refractivity contribution >= 4 is 17.6 Å². The normalized spacial score (nSPS) is 17.2. The number of anilines is 1.